The SMILES string of the molecule is COc1ccc(N)cc1NC(=O)CN(C)CC(C)C. The summed E-state index contributed by atoms with van der Waals surface area (Å²) < 4.78 is 5.19. The zero-order valence-corrected chi connectivity index (χ0v) is 12.1. The molecule has 0 heterocycles. The van der Waals surface area contributed by atoms with Crippen molar-refractivity contribution in [1.29, 1.82) is 0 Å². The number of nitrogen functional groups attached to an aromatic ring is 1. The monoisotopic (exact) mass is 265 g/mol. The van der Waals surface area contributed by atoms with Gasteiger partial charge >= 0.3 is 0 Å². The van der Waals surface area contributed by atoms with E-state index in [9.17, 15) is 4.79 Å². The molecule has 0 atom stereocenters. The van der Waals surface area contributed by atoms with Crippen molar-refractivity contribution in [1.82, 2.24) is 4.90 Å². The van der Waals surface area contributed by atoms with Crippen molar-refractivity contribution in [2.45, 2.75) is 13.8 Å². The van der Waals surface area contributed by atoms with E-state index in [2.05, 4.69) is 19.2 Å². The molecule has 0 saturated heterocycles. The highest BCUT2D eigenvalue weighted by Crippen LogP contribution is 2.26. The number of nitrogens with one attached hydrogen (secondary N) is 1. The topological polar surface area (TPSA) is 67.6 Å². The molecule has 1 rings (SSSR count). The fourth-order valence-electron chi connectivity index (χ4n) is 1.95. The van der Waals surface area contributed by atoms with Gasteiger partial charge in [0.15, 0.2) is 0 Å². The van der Waals surface area contributed by atoms with Gasteiger partial charge < -0.3 is 15.8 Å². The van der Waals surface area contributed by atoms with E-state index in [4.69, 9.17) is 10.5 Å². The Morgan fingerprint density at radius 1 is 1.47 bits per heavy atom. The maximum atomic E-state index is 11.9. The van der Waals surface area contributed by atoms with Crippen LogP contribution in [0.4, 0.5) is 11.4 Å². The van der Waals surface area contributed by atoms with Crippen LogP contribution in [0.2, 0.25) is 0 Å². The quantitative estimate of drug-likeness (QED) is 0.770. The van der Waals surface area contributed by atoms with Crippen molar-refractivity contribution in [2.24, 2.45) is 5.92 Å². The van der Waals surface area contributed by atoms with Gasteiger partial charge in [-0.25, -0.2) is 0 Å². The first-order chi connectivity index (χ1) is 8.92. The summed E-state index contributed by atoms with van der Waals surface area (Å²) in [5.74, 6) is 1.06. The third-order valence-electron chi connectivity index (χ3n) is 2.59. The number of ether oxygens (including phenoxy) is 1. The molecule has 0 saturated carbocycles. The number of carbonyl (C=O) groups excluding carboxylic acids is 1. The fraction of sp³-hybridized carbons (Fsp3) is 0.500. The minimum atomic E-state index is -0.0768. The van der Waals surface area contributed by atoms with Crippen LogP contribution < -0.4 is 15.8 Å². The third kappa shape index (κ3) is 5.18. The van der Waals surface area contributed by atoms with Crippen LogP contribution in [0.5, 0.6) is 5.75 Å². The number of hydrogen-bond acceptors (Lipinski definition) is 4. The summed E-state index contributed by atoms with van der Waals surface area (Å²) in [6, 6.07) is 5.17. The summed E-state index contributed by atoms with van der Waals surface area (Å²) in [7, 11) is 3.49. The standard InChI is InChI=1S/C14H23N3O2/c1-10(2)8-17(3)9-14(18)16-12-7-11(15)5-6-13(12)19-4/h5-7,10H,8-9,15H2,1-4H3,(H,16,18). The summed E-state index contributed by atoms with van der Waals surface area (Å²) in [4.78, 5) is 13.9. The van der Waals surface area contributed by atoms with E-state index in [1.165, 1.54) is 0 Å². The minimum absolute atomic E-state index is 0.0768. The van der Waals surface area contributed by atoms with Gasteiger partial charge in [0.1, 0.15) is 5.75 Å². The Balaban J connectivity index is 2.64. The lowest BCUT2D eigenvalue weighted by Gasteiger charge is -2.19. The molecule has 0 aliphatic heterocycles. The third-order valence-corrected chi connectivity index (χ3v) is 2.59. The van der Waals surface area contributed by atoms with E-state index < -0.39 is 0 Å². The van der Waals surface area contributed by atoms with Crippen LogP contribution in [-0.2, 0) is 4.79 Å². The molecule has 5 heteroatoms. The summed E-state index contributed by atoms with van der Waals surface area (Å²) in [5, 5.41) is 2.82. The normalized spacial score (nSPS) is 10.8. The first-order valence-electron chi connectivity index (χ1n) is 6.34. The maximum Gasteiger partial charge on any atom is 0.238 e. The number of rotatable bonds is 6. The summed E-state index contributed by atoms with van der Waals surface area (Å²) in [6.45, 7) is 5.46. The molecule has 1 aromatic rings. The lowest BCUT2D eigenvalue weighted by atomic mass is 10.2. The molecule has 0 aliphatic carbocycles. The zero-order valence-electron chi connectivity index (χ0n) is 12.1. The lowest BCUT2D eigenvalue weighted by Crippen LogP contribution is -2.32. The largest absolute Gasteiger partial charge is 0.495 e. The molecule has 0 unspecified atom stereocenters. The van der Waals surface area contributed by atoms with Gasteiger partial charge in [0.05, 0.1) is 19.3 Å². The van der Waals surface area contributed by atoms with E-state index in [-0.39, 0.29) is 5.91 Å². The number of methoxy groups -OCH3 is 1. The smallest absolute Gasteiger partial charge is 0.238 e. The fourth-order valence-corrected chi connectivity index (χ4v) is 1.95. The Morgan fingerprint density at radius 3 is 2.74 bits per heavy atom. The Bertz CT molecular complexity index is 433. The molecular weight excluding hydrogens is 242 g/mol. The molecule has 0 aromatic heterocycles. The van der Waals surface area contributed by atoms with E-state index in [1.807, 2.05) is 11.9 Å². The molecule has 0 spiro atoms. The van der Waals surface area contributed by atoms with Crippen molar-refractivity contribution >= 4 is 17.3 Å². The van der Waals surface area contributed by atoms with E-state index in [1.54, 1.807) is 25.3 Å². The summed E-state index contributed by atoms with van der Waals surface area (Å²) in [6.07, 6.45) is 0. The average molecular weight is 265 g/mol. The lowest BCUT2D eigenvalue weighted by molar-refractivity contribution is -0.117. The predicted octanol–water partition coefficient (Wildman–Crippen LogP) is 1.80. The number of carbonyl (C=O) groups is 1. The number of benzene rings is 1. The van der Waals surface area contributed by atoms with E-state index >= 15 is 0 Å². The predicted molar refractivity (Wildman–Crippen MR) is 78.4 cm³/mol. The number of hydrogen-bond donors (Lipinski definition) is 2. The molecule has 3 N–H and O–H groups in total. The number of nitrogens with zero attached hydrogens (tertiary/aromatic N) is 1. The second kappa shape index (κ2) is 6.99. The molecular formula is C14H23N3O2. The molecule has 1 amide bonds. The molecule has 0 aliphatic rings. The van der Waals surface area contributed by atoms with E-state index in [0.717, 1.165) is 6.54 Å². The highest BCUT2D eigenvalue weighted by Gasteiger charge is 2.11. The van der Waals surface area contributed by atoms with Crippen LogP contribution in [0.25, 0.3) is 0 Å². The Kier molecular flexibility index (Phi) is 5.63. The summed E-state index contributed by atoms with van der Waals surface area (Å²) in [5.41, 5.74) is 6.90. The summed E-state index contributed by atoms with van der Waals surface area (Å²) >= 11 is 0. The Labute approximate surface area is 114 Å². The van der Waals surface area contributed by atoms with Crippen molar-refractivity contribution in [3.8, 4) is 5.75 Å². The van der Waals surface area contributed by atoms with Crippen LogP contribution in [0.3, 0.4) is 0 Å². The van der Waals surface area contributed by atoms with Crippen LogP contribution in [-0.4, -0.2) is 38.1 Å². The van der Waals surface area contributed by atoms with Crippen LogP contribution in [0.1, 0.15) is 13.8 Å². The van der Waals surface area contributed by atoms with Crippen molar-refractivity contribution < 1.29 is 9.53 Å². The van der Waals surface area contributed by atoms with Gasteiger partial charge in [-0.05, 0) is 31.2 Å². The van der Waals surface area contributed by atoms with Crippen molar-refractivity contribution in [3.05, 3.63) is 18.2 Å². The number of likely N-dealkylation sites (N-methyl/N-ethyl adjacent to an activating group) is 1. The minimum Gasteiger partial charge on any atom is -0.495 e. The van der Waals surface area contributed by atoms with Crippen LogP contribution >= 0.6 is 0 Å². The molecule has 0 radical (unpaired) electrons. The number of amides is 1. The highest BCUT2D eigenvalue weighted by molar-refractivity contribution is 5.94. The first kappa shape index (κ1) is 15.3. The molecule has 5 nitrogen and oxygen atoms in total. The van der Waals surface area contributed by atoms with Crippen molar-refractivity contribution in [3.63, 3.8) is 0 Å². The molecule has 0 bridgehead atoms. The Hall–Kier alpha value is -1.75. The number of anilines is 2. The second-order valence-corrected chi connectivity index (χ2v) is 5.10. The highest BCUT2D eigenvalue weighted by atomic mass is 16.5. The van der Waals surface area contributed by atoms with Crippen molar-refractivity contribution in [2.75, 3.05) is 38.3 Å². The zero-order chi connectivity index (χ0) is 14.4. The van der Waals surface area contributed by atoms with Gasteiger partial charge in [-0.15, -0.1) is 0 Å². The maximum absolute atomic E-state index is 11.9. The second-order valence-electron chi connectivity index (χ2n) is 5.10. The van der Waals surface area contributed by atoms with E-state index in [0.29, 0.717) is 29.6 Å². The van der Waals surface area contributed by atoms with Gasteiger partial charge in [-0.2, -0.15) is 0 Å². The molecule has 0 fully saturated rings. The van der Waals surface area contributed by atoms with Crippen LogP contribution in [0.15, 0.2) is 18.2 Å². The van der Waals surface area contributed by atoms with Crippen LogP contribution in [0, 0.1) is 5.92 Å². The van der Waals surface area contributed by atoms with Gasteiger partial charge in [0, 0.05) is 12.2 Å². The van der Waals surface area contributed by atoms with Gasteiger partial charge in [-0.3, -0.25) is 9.69 Å². The molecule has 19 heavy (non-hydrogen) atoms. The molecule has 106 valence electrons. The van der Waals surface area contributed by atoms with Gasteiger partial charge in [0.2, 0.25) is 5.91 Å². The number of nitrogens with two attached hydrogens (primary N) is 1. The molecule has 1 aromatic carbocycles. The van der Waals surface area contributed by atoms with Gasteiger partial charge in [0.25, 0.3) is 0 Å². The first-order valence-corrected chi connectivity index (χ1v) is 6.34. The van der Waals surface area contributed by atoms with Gasteiger partial charge in [-0.1, -0.05) is 13.8 Å². The Morgan fingerprint density at radius 2 is 2.16 bits per heavy atom. The average Bonchev–Trinajstić information content (AvgIpc) is 2.27.